The Kier molecular flexibility index (Phi) is 5.85. The lowest BCUT2D eigenvalue weighted by Gasteiger charge is -2.35. The first kappa shape index (κ1) is 17.6. The van der Waals surface area contributed by atoms with E-state index >= 15 is 0 Å². The molecule has 2 aliphatic rings. The van der Waals surface area contributed by atoms with E-state index in [4.69, 9.17) is 5.73 Å². The van der Waals surface area contributed by atoms with E-state index in [2.05, 4.69) is 5.32 Å². The molecule has 7 heteroatoms. The summed E-state index contributed by atoms with van der Waals surface area (Å²) >= 11 is 0. The lowest BCUT2D eigenvalue weighted by Crippen LogP contribution is -2.55. The number of unbranched alkanes of at least 4 members (excludes halogenated alkanes) is 1. The first-order valence-electron chi connectivity index (χ1n) is 8.56. The van der Waals surface area contributed by atoms with Crippen molar-refractivity contribution in [3.63, 3.8) is 0 Å². The fraction of sp³-hybridized carbons (Fsp3) is 0.812. The molecular formula is C16H27N3O4. The highest BCUT2D eigenvalue weighted by Gasteiger charge is 2.48. The van der Waals surface area contributed by atoms with E-state index in [1.807, 2.05) is 6.92 Å². The highest BCUT2D eigenvalue weighted by atomic mass is 16.4. The Balaban J connectivity index is 2.20. The molecule has 0 aromatic heterocycles. The zero-order valence-electron chi connectivity index (χ0n) is 13.7. The number of carbonyl (C=O) groups excluding carboxylic acids is 2. The van der Waals surface area contributed by atoms with E-state index in [9.17, 15) is 19.5 Å². The third-order valence-corrected chi connectivity index (χ3v) is 5.09. The lowest BCUT2D eigenvalue weighted by molar-refractivity contribution is -0.150. The highest BCUT2D eigenvalue weighted by molar-refractivity contribution is 5.90. The molecule has 4 unspecified atom stereocenters. The Morgan fingerprint density at radius 2 is 2.00 bits per heavy atom. The number of carbonyl (C=O) groups is 3. The fourth-order valence-corrected chi connectivity index (χ4v) is 4.01. The number of carboxylic acid groups (broad SMARTS) is 1. The van der Waals surface area contributed by atoms with E-state index in [1.165, 1.54) is 4.90 Å². The van der Waals surface area contributed by atoms with Crippen molar-refractivity contribution < 1.29 is 19.5 Å². The number of aliphatic carboxylic acids is 1. The maximum atomic E-state index is 12.9. The number of likely N-dealkylation sites (tertiary alicyclic amines) is 1. The molecule has 1 heterocycles. The lowest BCUT2D eigenvalue weighted by atomic mass is 9.84. The van der Waals surface area contributed by atoms with Crippen molar-refractivity contribution in [3.05, 3.63) is 0 Å². The van der Waals surface area contributed by atoms with Crippen LogP contribution in [0.3, 0.4) is 0 Å². The number of fused-ring (bicyclic) bond motifs is 1. The number of hydrogen-bond donors (Lipinski definition) is 3. The minimum Gasteiger partial charge on any atom is -0.480 e. The normalized spacial score (nSPS) is 28.0. The number of carboxylic acids is 1. The van der Waals surface area contributed by atoms with Gasteiger partial charge >= 0.3 is 12.0 Å². The third-order valence-electron chi connectivity index (χ3n) is 5.09. The van der Waals surface area contributed by atoms with Gasteiger partial charge in [0.05, 0.1) is 0 Å². The first-order chi connectivity index (χ1) is 11.0. The van der Waals surface area contributed by atoms with Gasteiger partial charge in [-0.1, -0.05) is 32.6 Å². The first-order valence-corrected chi connectivity index (χ1v) is 8.56. The van der Waals surface area contributed by atoms with Crippen LogP contribution in [0.15, 0.2) is 0 Å². The number of primary amides is 1. The average Bonchev–Trinajstić information content (AvgIpc) is 2.90. The molecule has 23 heavy (non-hydrogen) atoms. The molecule has 1 saturated carbocycles. The molecule has 0 radical (unpaired) electrons. The number of urea groups is 1. The summed E-state index contributed by atoms with van der Waals surface area (Å²) in [4.78, 5) is 37.3. The molecule has 1 saturated heterocycles. The molecule has 7 nitrogen and oxygen atoms in total. The van der Waals surface area contributed by atoms with Gasteiger partial charge in [0.25, 0.3) is 0 Å². The molecule has 0 aromatic carbocycles. The second-order valence-electron chi connectivity index (χ2n) is 6.65. The van der Waals surface area contributed by atoms with Crippen LogP contribution in [0.1, 0.15) is 58.3 Å². The van der Waals surface area contributed by atoms with E-state index in [-0.39, 0.29) is 17.9 Å². The molecule has 4 N–H and O–H groups in total. The van der Waals surface area contributed by atoms with Gasteiger partial charge in [-0.3, -0.25) is 4.79 Å². The second-order valence-corrected chi connectivity index (χ2v) is 6.65. The molecule has 0 bridgehead atoms. The number of hydrogen-bond acceptors (Lipinski definition) is 3. The van der Waals surface area contributed by atoms with Gasteiger partial charge in [0.15, 0.2) is 0 Å². The smallest absolute Gasteiger partial charge is 0.326 e. The Hall–Kier alpha value is -1.79. The molecule has 130 valence electrons. The summed E-state index contributed by atoms with van der Waals surface area (Å²) in [5.41, 5.74) is 5.19. The van der Waals surface area contributed by atoms with Gasteiger partial charge < -0.3 is 21.1 Å². The SMILES string of the molecule is CCCCC(NC(N)=O)C(=O)N1C(C(=O)O)CC2CCCCC21. The topological polar surface area (TPSA) is 113 Å². The van der Waals surface area contributed by atoms with Crippen LogP contribution in [0.25, 0.3) is 0 Å². The molecule has 1 aliphatic carbocycles. The number of rotatable bonds is 6. The summed E-state index contributed by atoms with van der Waals surface area (Å²) in [6, 6.07) is -2.27. The summed E-state index contributed by atoms with van der Waals surface area (Å²) < 4.78 is 0. The third kappa shape index (κ3) is 3.95. The summed E-state index contributed by atoms with van der Waals surface area (Å²) in [5.74, 6) is -0.991. The van der Waals surface area contributed by atoms with Crippen LogP contribution in [-0.2, 0) is 9.59 Å². The molecule has 0 aromatic rings. The van der Waals surface area contributed by atoms with Crippen LogP contribution in [0.5, 0.6) is 0 Å². The number of nitrogens with two attached hydrogens (primary N) is 1. The molecule has 0 spiro atoms. The Labute approximate surface area is 136 Å². The quantitative estimate of drug-likeness (QED) is 0.686. The molecule has 3 amide bonds. The summed E-state index contributed by atoms with van der Waals surface area (Å²) in [5, 5.41) is 12.0. The van der Waals surface area contributed by atoms with Gasteiger partial charge in [0.1, 0.15) is 12.1 Å². The van der Waals surface area contributed by atoms with E-state index in [1.54, 1.807) is 0 Å². The number of amides is 3. The predicted molar refractivity (Wildman–Crippen MR) is 84.7 cm³/mol. The van der Waals surface area contributed by atoms with Crippen molar-refractivity contribution in [2.75, 3.05) is 0 Å². The summed E-state index contributed by atoms with van der Waals surface area (Å²) in [6.07, 6.45) is 6.59. The number of nitrogens with one attached hydrogen (secondary N) is 1. The van der Waals surface area contributed by atoms with Crippen LogP contribution in [0.4, 0.5) is 4.79 Å². The Bertz CT molecular complexity index is 468. The van der Waals surface area contributed by atoms with Crippen LogP contribution >= 0.6 is 0 Å². The molecule has 2 fully saturated rings. The largest absolute Gasteiger partial charge is 0.480 e. The maximum absolute atomic E-state index is 12.9. The van der Waals surface area contributed by atoms with Crippen molar-refractivity contribution in [3.8, 4) is 0 Å². The zero-order chi connectivity index (χ0) is 17.0. The molecule has 4 atom stereocenters. The average molecular weight is 325 g/mol. The van der Waals surface area contributed by atoms with E-state index in [0.717, 1.165) is 38.5 Å². The molecule has 2 rings (SSSR count). The van der Waals surface area contributed by atoms with Gasteiger partial charge in [-0.25, -0.2) is 9.59 Å². The molecular weight excluding hydrogens is 298 g/mol. The zero-order valence-corrected chi connectivity index (χ0v) is 13.7. The Morgan fingerprint density at radius 1 is 1.30 bits per heavy atom. The van der Waals surface area contributed by atoms with Gasteiger partial charge in [-0.05, 0) is 31.6 Å². The van der Waals surface area contributed by atoms with Gasteiger partial charge in [-0.15, -0.1) is 0 Å². The fourth-order valence-electron chi connectivity index (χ4n) is 4.01. The van der Waals surface area contributed by atoms with Crippen LogP contribution < -0.4 is 11.1 Å². The monoisotopic (exact) mass is 325 g/mol. The van der Waals surface area contributed by atoms with Crippen LogP contribution in [-0.4, -0.2) is 46.0 Å². The van der Waals surface area contributed by atoms with Crippen molar-refractivity contribution in [1.82, 2.24) is 10.2 Å². The maximum Gasteiger partial charge on any atom is 0.326 e. The van der Waals surface area contributed by atoms with Gasteiger partial charge in [-0.2, -0.15) is 0 Å². The Morgan fingerprint density at radius 3 is 2.61 bits per heavy atom. The standard InChI is InChI=1S/C16H27N3O4/c1-2-3-7-11(18-16(17)23)14(20)19-12-8-5-4-6-10(12)9-13(19)15(21)22/h10-13H,2-9H2,1H3,(H,21,22)(H3,17,18,23). The van der Waals surface area contributed by atoms with Crippen molar-refractivity contribution >= 4 is 17.9 Å². The van der Waals surface area contributed by atoms with Crippen molar-refractivity contribution in [2.24, 2.45) is 11.7 Å². The number of nitrogens with zero attached hydrogens (tertiary/aromatic N) is 1. The second kappa shape index (κ2) is 7.66. The van der Waals surface area contributed by atoms with E-state index < -0.39 is 24.1 Å². The minimum absolute atomic E-state index is 0.0175. The summed E-state index contributed by atoms with van der Waals surface area (Å²) in [6.45, 7) is 2.00. The van der Waals surface area contributed by atoms with E-state index in [0.29, 0.717) is 12.8 Å². The van der Waals surface area contributed by atoms with Crippen LogP contribution in [0, 0.1) is 5.92 Å². The van der Waals surface area contributed by atoms with Gasteiger partial charge in [0, 0.05) is 6.04 Å². The van der Waals surface area contributed by atoms with Crippen LogP contribution in [0.2, 0.25) is 0 Å². The van der Waals surface area contributed by atoms with Gasteiger partial charge in [0.2, 0.25) is 5.91 Å². The van der Waals surface area contributed by atoms with Crippen molar-refractivity contribution in [2.45, 2.75) is 76.4 Å². The highest BCUT2D eigenvalue weighted by Crippen LogP contribution is 2.40. The molecule has 1 aliphatic heterocycles. The predicted octanol–water partition coefficient (Wildman–Crippen LogP) is 1.46. The van der Waals surface area contributed by atoms with Crippen molar-refractivity contribution in [1.29, 1.82) is 0 Å². The minimum atomic E-state index is -0.957. The summed E-state index contributed by atoms with van der Waals surface area (Å²) in [7, 11) is 0.